The van der Waals surface area contributed by atoms with Gasteiger partial charge < -0.3 is 9.69 Å². The van der Waals surface area contributed by atoms with Crippen LogP contribution in [0.1, 0.15) is 65.9 Å². The van der Waals surface area contributed by atoms with Crippen molar-refractivity contribution in [2.45, 2.75) is 44.4 Å². The summed E-state index contributed by atoms with van der Waals surface area (Å²) in [5.74, 6) is 0.0836. The molecule has 2 aromatic carbocycles. The lowest BCUT2D eigenvalue weighted by Crippen LogP contribution is -2.15. The van der Waals surface area contributed by atoms with Crippen molar-refractivity contribution in [2.75, 3.05) is 19.0 Å². The standard InChI is InChI=1S/C26H31NO2/c1-19(24-11-7-8-12-25(24)27(2)3)23(18-28)17-26(29)22-15-13-21(14-16-22)20-9-5-4-6-10-20/h7-8,11-16,18,20,23H,1,4-6,9-10,17H2,2-3H3. The van der Waals surface area contributed by atoms with Crippen LogP contribution < -0.4 is 4.90 Å². The lowest BCUT2D eigenvalue weighted by molar-refractivity contribution is -0.109. The Balaban J connectivity index is 1.71. The predicted molar refractivity (Wildman–Crippen MR) is 121 cm³/mol. The third kappa shape index (κ3) is 5.03. The Morgan fingerprint density at radius 2 is 1.72 bits per heavy atom. The van der Waals surface area contributed by atoms with E-state index in [0.29, 0.717) is 17.1 Å². The molecule has 0 N–H and O–H groups in total. The van der Waals surface area contributed by atoms with Crippen LogP contribution in [0.3, 0.4) is 0 Å². The fourth-order valence-corrected chi connectivity index (χ4v) is 4.28. The van der Waals surface area contributed by atoms with Crippen molar-refractivity contribution in [1.82, 2.24) is 0 Å². The van der Waals surface area contributed by atoms with Gasteiger partial charge in [0.15, 0.2) is 5.78 Å². The molecule has 3 rings (SSSR count). The zero-order valence-electron chi connectivity index (χ0n) is 17.6. The average Bonchev–Trinajstić information content (AvgIpc) is 2.77. The maximum absolute atomic E-state index is 12.8. The van der Waals surface area contributed by atoms with Crippen LogP contribution in [0.25, 0.3) is 5.57 Å². The van der Waals surface area contributed by atoms with E-state index in [1.54, 1.807) is 0 Å². The SMILES string of the molecule is C=C(c1ccccc1N(C)C)C(C=O)CC(=O)c1ccc(C2CCCCC2)cc1. The van der Waals surface area contributed by atoms with Crippen LogP contribution in [0.15, 0.2) is 55.1 Å². The number of para-hydroxylation sites is 1. The highest BCUT2D eigenvalue weighted by Gasteiger charge is 2.21. The number of hydrogen-bond donors (Lipinski definition) is 0. The molecule has 0 spiro atoms. The largest absolute Gasteiger partial charge is 0.377 e. The fraction of sp³-hybridized carbons (Fsp3) is 0.385. The number of ketones is 1. The van der Waals surface area contributed by atoms with Gasteiger partial charge in [0.25, 0.3) is 0 Å². The Labute approximate surface area is 174 Å². The molecule has 0 heterocycles. The van der Waals surface area contributed by atoms with E-state index in [-0.39, 0.29) is 12.2 Å². The number of allylic oxidation sites excluding steroid dienone is 1. The van der Waals surface area contributed by atoms with Gasteiger partial charge in [-0.15, -0.1) is 0 Å². The van der Waals surface area contributed by atoms with Gasteiger partial charge in [0.1, 0.15) is 6.29 Å². The summed E-state index contributed by atoms with van der Waals surface area (Å²) in [6.07, 6.45) is 7.40. The van der Waals surface area contributed by atoms with E-state index in [1.165, 1.54) is 37.7 Å². The van der Waals surface area contributed by atoms with E-state index in [4.69, 9.17) is 0 Å². The van der Waals surface area contributed by atoms with Gasteiger partial charge in [0, 0.05) is 43.2 Å². The van der Waals surface area contributed by atoms with Gasteiger partial charge in [-0.3, -0.25) is 4.79 Å². The van der Waals surface area contributed by atoms with Gasteiger partial charge >= 0.3 is 0 Å². The zero-order valence-corrected chi connectivity index (χ0v) is 17.6. The van der Waals surface area contributed by atoms with Crippen LogP contribution in [-0.2, 0) is 4.79 Å². The molecule has 0 aromatic heterocycles. The highest BCUT2D eigenvalue weighted by atomic mass is 16.1. The molecule has 3 nitrogen and oxygen atoms in total. The maximum atomic E-state index is 12.8. The minimum absolute atomic E-state index is 0.0132. The molecule has 0 amide bonds. The van der Waals surface area contributed by atoms with E-state index in [1.807, 2.05) is 55.4 Å². The van der Waals surface area contributed by atoms with Crippen molar-refractivity contribution in [1.29, 1.82) is 0 Å². The number of rotatable bonds is 8. The molecule has 1 aliphatic carbocycles. The summed E-state index contributed by atoms with van der Waals surface area (Å²) in [6.45, 7) is 4.15. The van der Waals surface area contributed by atoms with E-state index in [9.17, 15) is 9.59 Å². The molecule has 3 heteroatoms. The number of carbonyl (C=O) groups is 2. The molecule has 1 atom stereocenters. The monoisotopic (exact) mass is 389 g/mol. The van der Waals surface area contributed by atoms with Crippen LogP contribution in [0.4, 0.5) is 5.69 Å². The molecule has 0 bridgehead atoms. The van der Waals surface area contributed by atoms with Crippen LogP contribution in [0.5, 0.6) is 0 Å². The second-order valence-electron chi connectivity index (χ2n) is 8.26. The van der Waals surface area contributed by atoms with Crippen molar-refractivity contribution in [3.05, 3.63) is 71.8 Å². The number of anilines is 1. The van der Waals surface area contributed by atoms with E-state index in [0.717, 1.165) is 17.5 Å². The lowest BCUT2D eigenvalue weighted by Gasteiger charge is -2.22. The van der Waals surface area contributed by atoms with Crippen molar-refractivity contribution < 1.29 is 9.59 Å². The zero-order chi connectivity index (χ0) is 20.8. The number of carbonyl (C=O) groups excluding carboxylic acids is 2. The van der Waals surface area contributed by atoms with Gasteiger partial charge in [0.2, 0.25) is 0 Å². The van der Waals surface area contributed by atoms with Crippen LogP contribution in [0.2, 0.25) is 0 Å². The first-order valence-corrected chi connectivity index (χ1v) is 10.5. The molecule has 0 saturated heterocycles. The normalized spacial score (nSPS) is 15.5. The molecule has 29 heavy (non-hydrogen) atoms. The van der Waals surface area contributed by atoms with Crippen molar-refractivity contribution >= 4 is 23.3 Å². The maximum Gasteiger partial charge on any atom is 0.163 e. The molecule has 1 unspecified atom stereocenters. The quantitative estimate of drug-likeness (QED) is 0.416. The van der Waals surface area contributed by atoms with E-state index in [2.05, 4.69) is 18.7 Å². The Bertz CT molecular complexity index is 861. The Morgan fingerprint density at radius 1 is 1.07 bits per heavy atom. The van der Waals surface area contributed by atoms with Gasteiger partial charge in [-0.25, -0.2) is 0 Å². The molecule has 0 aliphatic heterocycles. The highest BCUT2D eigenvalue weighted by Crippen LogP contribution is 2.33. The predicted octanol–water partition coefficient (Wildman–Crippen LogP) is 5.90. The summed E-state index contributed by atoms with van der Waals surface area (Å²) < 4.78 is 0. The number of hydrogen-bond acceptors (Lipinski definition) is 3. The van der Waals surface area contributed by atoms with Gasteiger partial charge in [0.05, 0.1) is 0 Å². The second-order valence-corrected chi connectivity index (χ2v) is 8.26. The third-order valence-corrected chi connectivity index (χ3v) is 6.06. The Hall–Kier alpha value is -2.68. The Kier molecular flexibility index (Phi) is 7.03. The first-order valence-electron chi connectivity index (χ1n) is 10.5. The topological polar surface area (TPSA) is 37.4 Å². The summed E-state index contributed by atoms with van der Waals surface area (Å²) in [4.78, 5) is 26.6. The van der Waals surface area contributed by atoms with E-state index < -0.39 is 5.92 Å². The number of nitrogens with zero attached hydrogens (tertiary/aromatic N) is 1. The van der Waals surface area contributed by atoms with Crippen molar-refractivity contribution in [2.24, 2.45) is 5.92 Å². The first kappa shape index (κ1) is 21.0. The molecule has 2 aromatic rings. The fourth-order valence-electron chi connectivity index (χ4n) is 4.28. The smallest absolute Gasteiger partial charge is 0.163 e. The third-order valence-electron chi connectivity index (χ3n) is 6.06. The Morgan fingerprint density at radius 3 is 2.34 bits per heavy atom. The summed E-state index contributed by atoms with van der Waals surface area (Å²) >= 11 is 0. The lowest BCUT2D eigenvalue weighted by atomic mass is 9.83. The van der Waals surface area contributed by atoms with Gasteiger partial charge in [-0.2, -0.15) is 0 Å². The summed E-state index contributed by atoms with van der Waals surface area (Å²) in [5, 5.41) is 0. The average molecular weight is 390 g/mol. The molecule has 1 fully saturated rings. The molecule has 1 saturated carbocycles. The van der Waals surface area contributed by atoms with Crippen molar-refractivity contribution in [3.8, 4) is 0 Å². The number of Topliss-reactive ketones (excluding diaryl/α,β-unsaturated/α-hetero) is 1. The highest BCUT2D eigenvalue weighted by molar-refractivity contribution is 6.00. The van der Waals surface area contributed by atoms with Crippen LogP contribution >= 0.6 is 0 Å². The van der Waals surface area contributed by atoms with Gasteiger partial charge in [-0.05, 0) is 36.0 Å². The molecule has 0 radical (unpaired) electrons. The molecular formula is C26H31NO2. The molecule has 1 aliphatic rings. The number of benzene rings is 2. The minimum Gasteiger partial charge on any atom is -0.377 e. The van der Waals surface area contributed by atoms with Crippen molar-refractivity contribution in [3.63, 3.8) is 0 Å². The summed E-state index contributed by atoms with van der Waals surface area (Å²) in [5.41, 5.74) is 4.60. The van der Waals surface area contributed by atoms with Crippen LogP contribution in [-0.4, -0.2) is 26.2 Å². The molecular weight excluding hydrogens is 358 g/mol. The summed E-state index contributed by atoms with van der Waals surface area (Å²) in [6, 6.07) is 15.9. The summed E-state index contributed by atoms with van der Waals surface area (Å²) in [7, 11) is 3.92. The molecule has 152 valence electrons. The number of aldehydes is 1. The second kappa shape index (κ2) is 9.69. The first-order chi connectivity index (χ1) is 14.0. The van der Waals surface area contributed by atoms with E-state index >= 15 is 0 Å². The minimum atomic E-state index is -0.526. The van der Waals surface area contributed by atoms with Crippen LogP contribution in [0, 0.1) is 5.92 Å². The van der Waals surface area contributed by atoms with Gasteiger partial charge in [-0.1, -0.05) is 68.3 Å².